The zero-order chi connectivity index (χ0) is 13.4. The van der Waals surface area contributed by atoms with Gasteiger partial charge < -0.3 is 10.4 Å². The van der Waals surface area contributed by atoms with Crippen LogP contribution in [0, 0.1) is 11.8 Å². The summed E-state index contributed by atoms with van der Waals surface area (Å²) in [5.74, 6) is -1.35. The van der Waals surface area contributed by atoms with E-state index in [4.69, 9.17) is 5.11 Å². The van der Waals surface area contributed by atoms with E-state index in [1.165, 1.54) is 11.1 Å². The van der Waals surface area contributed by atoms with E-state index >= 15 is 0 Å². The van der Waals surface area contributed by atoms with Crippen LogP contribution in [-0.4, -0.2) is 23.5 Å². The summed E-state index contributed by atoms with van der Waals surface area (Å²) in [6.07, 6.45) is 2.62. The molecule has 100 valence electrons. The predicted molar refractivity (Wildman–Crippen MR) is 69.7 cm³/mol. The zero-order valence-electron chi connectivity index (χ0n) is 10.6. The van der Waals surface area contributed by atoms with E-state index in [1.54, 1.807) is 0 Å². The highest BCUT2D eigenvalue weighted by Crippen LogP contribution is 2.39. The molecule has 2 aliphatic carbocycles. The number of hydrogen-bond acceptors (Lipinski definition) is 2. The fraction of sp³-hybridized carbons (Fsp3) is 0.467. The largest absolute Gasteiger partial charge is 0.481 e. The number of benzene rings is 1. The summed E-state index contributed by atoms with van der Waals surface area (Å²) in [4.78, 5) is 22.5. The third kappa shape index (κ3) is 2.35. The molecule has 1 saturated carbocycles. The fourth-order valence-electron chi connectivity index (χ4n) is 2.97. The van der Waals surface area contributed by atoms with Crippen molar-refractivity contribution in [3.8, 4) is 0 Å². The van der Waals surface area contributed by atoms with Crippen molar-refractivity contribution in [3.63, 3.8) is 0 Å². The van der Waals surface area contributed by atoms with E-state index in [1.807, 2.05) is 12.1 Å². The van der Waals surface area contributed by atoms with Gasteiger partial charge in [0, 0.05) is 12.5 Å². The summed E-state index contributed by atoms with van der Waals surface area (Å²) in [5, 5.41) is 11.7. The number of rotatable bonds is 4. The number of hydrogen-bond donors (Lipinski definition) is 2. The molecule has 0 aromatic heterocycles. The van der Waals surface area contributed by atoms with Crippen LogP contribution in [0.3, 0.4) is 0 Å². The van der Waals surface area contributed by atoms with Gasteiger partial charge in [-0.2, -0.15) is 0 Å². The van der Waals surface area contributed by atoms with E-state index < -0.39 is 11.9 Å². The van der Waals surface area contributed by atoms with E-state index in [9.17, 15) is 9.59 Å². The van der Waals surface area contributed by atoms with Crippen LogP contribution in [-0.2, 0) is 16.0 Å². The topological polar surface area (TPSA) is 66.4 Å². The molecule has 4 nitrogen and oxygen atoms in total. The maximum Gasteiger partial charge on any atom is 0.307 e. The summed E-state index contributed by atoms with van der Waals surface area (Å²) in [6, 6.07) is 8.33. The van der Waals surface area contributed by atoms with Crippen LogP contribution in [0.25, 0.3) is 0 Å². The standard InChI is InChI=1S/C15H17NO3/c17-14(12-7-13(12)15(18)19)16-8-10-6-5-9-3-1-2-4-11(9)10/h1-4,10,12-13H,5-8H2,(H,16,17)(H,18,19). The first kappa shape index (κ1) is 12.2. The Labute approximate surface area is 111 Å². The Hall–Kier alpha value is -1.84. The normalized spacial score (nSPS) is 27.7. The summed E-state index contributed by atoms with van der Waals surface area (Å²) in [5.41, 5.74) is 2.70. The van der Waals surface area contributed by atoms with Crippen LogP contribution < -0.4 is 5.32 Å². The van der Waals surface area contributed by atoms with Gasteiger partial charge in [0.05, 0.1) is 11.8 Å². The van der Waals surface area contributed by atoms with Gasteiger partial charge in [-0.3, -0.25) is 9.59 Å². The average Bonchev–Trinajstić information content (AvgIpc) is 3.11. The van der Waals surface area contributed by atoms with E-state index in [-0.39, 0.29) is 11.8 Å². The minimum absolute atomic E-state index is 0.100. The van der Waals surface area contributed by atoms with Crippen molar-refractivity contribution in [2.75, 3.05) is 6.54 Å². The van der Waals surface area contributed by atoms with Crippen molar-refractivity contribution in [3.05, 3.63) is 35.4 Å². The molecule has 0 spiro atoms. The van der Waals surface area contributed by atoms with Gasteiger partial charge in [0.15, 0.2) is 0 Å². The Bertz CT molecular complexity index is 526. The number of amides is 1. The molecule has 0 heterocycles. The van der Waals surface area contributed by atoms with Gasteiger partial charge in [-0.15, -0.1) is 0 Å². The summed E-state index contributed by atoms with van der Waals surface area (Å²) < 4.78 is 0. The van der Waals surface area contributed by atoms with Gasteiger partial charge in [0.2, 0.25) is 5.91 Å². The molecule has 1 amide bonds. The van der Waals surface area contributed by atoms with Crippen molar-refractivity contribution in [1.29, 1.82) is 0 Å². The van der Waals surface area contributed by atoms with Crippen molar-refractivity contribution in [2.45, 2.75) is 25.2 Å². The number of carbonyl (C=O) groups excluding carboxylic acids is 1. The van der Waals surface area contributed by atoms with Crippen LogP contribution in [0.5, 0.6) is 0 Å². The molecular weight excluding hydrogens is 242 g/mol. The van der Waals surface area contributed by atoms with E-state index in [0.717, 1.165) is 12.8 Å². The first-order valence-corrected chi connectivity index (χ1v) is 6.75. The van der Waals surface area contributed by atoms with Gasteiger partial charge >= 0.3 is 5.97 Å². The highest BCUT2D eigenvalue weighted by Gasteiger charge is 2.48. The average molecular weight is 259 g/mol. The number of fused-ring (bicyclic) bond motifs is 1. The van der Waals surface area contributed by atoms with Crippen LogP contribution in [0.1, 0.15) is 29.9 Å². The van der Waals surface area contributed by atoms with Crippen LogP contribution in [0.4, 0.5) is 0 Å². The molecule has 4 heteroatoms. The van der Waals surface area contributed by atoms with E-state index in [2.05, 4.69) is 17.4 Å². The molecule has 0 bridgehead atoms. The monoisotopic (exact) mass is 259 g/mol. The number of carboxylic acids is 1. The van der Waals surface area contributed by atoms with Gasteiger partial charge in [0.25, 0.3) is 0 Å². The lowest BCUT2D eigenvalue weighted by molar-refractivity contribution is -0.140. The fourth-order valence-corrected chi connectivity index (χ4v) is 2.97. The lowest BCUT2D eigenvalue weighted by Gasteiger charge is -2.12. The minimum Gasteiger partial charge on any atom is -0.481 e. The minimum atomic E-state index is -0.855. The van der Waals surface area contributed by atoms with Crippen molar-refractivity contribution >= 4 is 11.9 Å². The molecule has 0 saturated heterocycles. The van der Waals surface area contributed by atoms with Crippen molar-refractivity contribution in [1.82, 2.24) is 5.32 Å². The zero-order valence-corrected chi connectivity index (χ0v) is 10.6. The second-order valence-corrected chi connectivity index (χ2v) is 5.47. The lowest BCUT2D eigenvalue weighted by Crippen LogP contribution is -2.30. The van der Waals surface area contributed by atoms with Gasteiger partial charge in [0.1, 0.15) is 0 Å². The first-order chi connectivity index (χ1) is 9.16. The molecule has 0 radical (unpaired) electrons. The molecule has 3 atom stereocenters. The lowest BCUT2D eigenvalue weighted by atomic mass is 10.0. The summed E-state index contributed by atoms with van der Waals surface area (Å²) >= 11 is 0. The van der Waals surface area contributed by atoms with Crippen molar-refractivity contribution in [2.24, 2.45) is 11.8 Å². The molecule has 1 aromatic rings. The van der Waals surface area contributed by atoms with Crippen LogP contribution in [0.15, 0.2) is 24.3 Å². The second-order valence-electron chi connectivity index (χ2n) is 5.47. The number of aryl methyl sites for hydroxylation is 1. The third-order valence-corrected chi connectivity index (χ3v) is 4.22. The number of aliphatic carboxylic acids is 1. The van der Waals surface area contributed by atoms with Crippen molar-refractivity contribution < 1.29 is 14.7 Å². The molecule has 1 fully saturated rings. The molecule has 1 aromatic carbocycles. The maximum atomic E-state index is 11.8. The van der Waals surface area contributed by atoms with Gasteiger partial charge in [-0.05, 0) is 30.4 Å². The first-order valence-electron chi connectivity index (χ1n) is 6.75. The Morgan fingerprint density at radius 1 is 1.26 bits per heavy atom. The van der Waals surface area contributed by atoms with Gasteiger partial charge in [-0.1, -0.05) is 24.3 Å². The van der Waals surface area contributed by atoms with Crippen LogP contribution >= 0.6 is 0 Å². The Kier molecular flexibility index (Phi) is 3.01. The molecule has 2 N–H and O–H groups in total. The Morgan fingerprint density at radius 2 is 2.05 bits per heavy atom. The molecule has 0 aliphatic heterocycles. The summed E-state index contributed by atoms with van der Waals surface area (Å²) in [6.45, 7) is 0.624. The maximum absolute atomic E-state index is 11.8. The van der Waals surface area contributed by atoms with E-state index in [0.29, 0.717) is 18.9 Å². The molecular formula is C15H17NO3. The van der Waals surface area contributed by atoms with Gasteiger partial charge in [-0.25, -0.2) is 0 Å². The smallest absolute Gasteiger partial charge is 0.307 e. The number of carboxylic acid groups (broad SMARTS) is 1. The third-order valence-electron chi connectivity index (χ3n) is 4.22. The second kappa shape index (κ2) is 4.68. The Balaban J connectivity index is 1.54. The highest BCUT2D eigenvalue weighted by atomic mass is 16.4. The molecule has 3 rings (SSSR count). The number of carbonyl (C=O) groups is 2. The SMILES string of the molecule is O=C(O)C1CC1C(=O)NCC1CCc2ccccc21. The molecule has 19 heavy (non-hydrogen) atoms. The van der Waals surface area contributed by atoms with Crippen LogP contribution in [0.2, 0.25) is 0 Å². The highest BCUT2D eigenvalue weighted by molar-refractivity contribution is 5.89. The number of nitrogens with one attached hydrogen (secondary N) is 1. The quantitative estimate of drug-likeness (QED) is 0.862. The molecule has 2 aliphatic rings. The Morgan fingerprint density at radius 3 is 2.79 bits per heavy atom. The summed E-state index contributed by atoms with van der Waals surface area (Å²) in [7, 11) is 0. The molecule has 3 unspecified atom stereocenters. The predicted octanol–water partition coefficient (Wildman–Crippen LogP) is 1.55.